The molecule has 1 fully saturated rings. The Morgan fingerprint density at radius 2 is 1.75 bits per heavy atom. The number of nitrogens with zero attached hydrogens (tertiary/aromatic N) is 4. The number of carbonyl (C=O) groups is 3. The second-order valence-electron chi connectivity index (χ2n) is 10.7. The lowest BCUT2D eigenvalue weighted by Gasteiger charge is -2.18. The van der Waals surface area contributed by atoms with Crippen LogP contribution >= 0.6 is 0 Å². The Kier molecular flexibility index (Phi) is 7.35. The quantitative estimate of drug-likeness (QED) is 0.159. The molecule has 0 aliphatic heterocycles. The van der Waals surface area contributed by atoms with Crippen LogP contribution in [-0.4, -0.2) is 43.3 Å². The minimum atomic E-state index is -4.59. The summed E-state index contributed by atoms with van der Waals surface area (Å²) in [5.74, 6) is -3.46. The molecule has 1 aliphatic carbocycles. The van der Waals surface area contributed by atoms with Crippen LogP contribution in [0.1, 0.15) is 35.7 Å². The summed E-state index contributed by atoms with van der Waals surface area (Å²) in [7, 11) is 0. The van der Waals surface area contributed by atoms with Gasteiger partial charge in [0.1, 0.15) is 12.5 Å². The lowest BCUT2D eigenvalue weighted by molar-refractivity contribution is -0.137. The molecule has 1 aliphatic rings. The molecule has 0 bridgehead atoms. The molecule has 14 heteroatoms. The SMILES string of the molecule is CC(=O)c1cn(CC(=O)C2C[C@H](F)C[C@H]2C(=O)Nc2noc3cc(C(F)(F)F)ccc23)c2ccc(Nc3cncnc3)cc12. The van der Waals surface area contributed by atoms with E-state index in [1.54, 1.807) is 41.4 Å². The van der Waals surface area contributed by atoms with E-state index in [1.165, 1.54) is 13.3 Å². The zero-order valence-corrected chi connectivity index (χ0v) is 23.1. The van der Waals surface area contributed by atoms with E-state index >= 15 is 0 Å². The molecule has 0 spiro atoms. The third kappa shape index (κ3) is 5.62. The third-order valence-electron chi connectivity index (χ3n) is 7.73. The van der Waals surface area contributed by atoms with E-state index in [-0.39, 0.29) is 42.0 Å². The molecule has 2 N–H and O–H groups in total. The number of hydrogen-bond donors (Lipinski definition) is 2. The fourth-order valence-electron chi connectivity index (χ4n) is 5.64. The van der Waals surface area contributed by atoms with Gasteiger partial charge in [-0.3, -0.25) is 14.4 Å². The van der Waals surface area contributed by atoms with Crippen molar-refractivity contribution in [3.05, 3.63) is 72.4 Å². The average Bonchev–Trinajstić information content (AvgIpc) is 3.68. The number of anilines is 3. The first-order chi connectivity index (χ1) is 21.0. The Hall–Kier alpha value is -5.14. The molecule has 6 rings (SSSR count). The van der Waals surface area contributed by atoms with Crippen LogP contribution in [0.4, 0.5) is 34.8 Å². The second kappa shape index (κ2) is 11.2. The van der Waals surface area contributed by atoms with Crippen molar-refractivity contribution in [1.29, 1.82) is 0 Å². The van der Waals surface area contributed by atoms with Gasteiger partial charge in [-0.1, -0.05) is 5.16 Å². The lowest BCUT2D eigenvalue weighted by Crippen LogP contribution is -2.32. The van der Waals surface area contributed by atoms with Crippen molar-refractivity contribution >= 4 is 56.5 Å². The number of aromatic nitrogens is 4. The molecule has 1 saturated carbocycles. The summed E-state index contributed by atoms with van der Waals surface area (Å²) in [6.45, 7) is 1.20. The molecule has 0 saturated heterocycles. The Bertz CT molecular complexity index is 1900. The van der Waals surface area contributed by atoms with Crippen LogP contribution in [0.2, 0.25) is 0 Å². The number of halogens is 4. The van der Waals surface area contributed by atoms with Crippen LogP contribution in [-0.2, 0) is 22.3 Å². The Morgan fingerprint density at radius 3 is 2.48 bits per heavy atom. The smallest absolute Gasteiger partial charge is 0.354 e. The van der Waals surface area contributed by atoms with Gasteiger partial charge in [-0.2, -0.15) is 13.2 Å². The largest absolute Gasteiger partial charge is 0.416 e. The monoisotopic (exact) mass is 608 g/mol. The Balaban J connectivity index is 1.22. The maximum atomic E-state index is 14.6. The van der Waals surface area contributed by atoms with Gasteiger partial charge in [0, 0.05) is 34.3 Å². The van der Waals surface area contributed by atoms with Crippen LogP contribution in [0, 0.1) is 11.8 Å². The van der Waals surface area contributed by atoms with E-state index in [0.29, 0.717) is 27.8 Å². The van der Waals surface area contributed by atoms with Gasteiger partial charge >= 0.3 is 6.18 Å². The Morgan fingerprint density at radius 1 is 1.00 bits per heavy atom. The maximum Gasteiger partial charge on any atom is 0.416 e. The van der Waals surface area contributed by atoms with Crippen molar-refractivity contribution in [1.82, 2.24) is 19.7 Å². The van der Waals surface area contributed by atoms with Crippen molar-refractivity contribution in [3.8, 4) is 0 Å². The number of Topliss-reactive ketones (excluding diaryl/α,β-unsaturated/α-hetero) is 2. The van der Waals surface area contributed by atoms with E-state index in [1.807, 2.05) is 0 Å². The van der Waals surface area contributed by atoms with E-state index in [2.05, 4.69) is 25.8 Å². The first kappa shape index (κ1) is 29.0. The minimum absolute atomic E-state index is 0.124. The van der Waals surface area contributed by atoms with Crippen molar-refractivity contribution < 1.29 is 36.5 Å². The van der Waals surface area contributed by atoms with Crippen LogP contribution in [0.3, 0.4) is 0 Å². The molecule has 44 heavy (non-hydrogen) atoms. The number of fused-ring (bicyclic) bond motifs is 2. The number of ketones is 2. The van der Waals surface area contributed by atoms with E-state index in [0.717, 1.165) is 18.2 Å². The summed E-state index contributed by atoms with van der Waals surface area (Å²) >= 11 is 0. The van der Waals surface area contributed by atoms with Crippen LogP contribution < -0.4 is 10.6 Å². The van der Waals surface area contributed by atoms with Crippen LogP contribution in [0.15, 0.2) is 65.8 Å². The topological polar surface area (TPSA) is 132 Å². The third-order valence-corrected chi connectivity index (χ3v) is 7.73. The van der Waals surface area contributed by atoms with Crippen molar-refractivity contribution in [2.45, 2.75) is 38.7 Å². The van der Waals surface area contributed by atoms with Crippen molar-refractivity contribution in [2.24, 2.45) is 11.8 Å². The molecule has 10 nitrogen and oxygen atoms in total. The molecular formula is C30H24F4N6O4. The van der Waals surface area contributed by atoms with E-state index < -0.39 is 41.4 Å². The number of alkyl halides is 4. The highest BCUT2D eigenvalue weighted by molar-refractivity contribution is 6.08. The highest BCUT2D eigenvalue weighted by Crippen LogP contribution is 2.38. The molecule has 5 aromatic rings. The first-order valence-corrected chi connectivity index (χ1v) is 13.6. The van der Waals surface area contributed by atoms with Crippen LogP contribution in [0.5, 0.6) is 0 Å². The number of benzene rings is 2. The first-order valence-electron chi connectivity index (χ1n) is 13.6. The Labute approximate surface area is 246 Å². The maximum absolute atomic E-state index is 14.6. The zero-order chi connectivity index (χ0) is 31.2. The fourth-order valence-corrected chi connectivity index (χ4v) is 5.64. The van der Waals surface area contributed by atoms with E-state index in [9.17, 15) is 31.9 Å². The standard InChI is InChI=1S/C30H24F4N6O4/c1-15(41)24-12-40(25-5-3-18(9-21(24)25)37-19-10-35-14-36-11-19)13-26(42)22-7-17(31)8-23(22)29(43)38-28-20-4-2-16(30(32,33)34)6-27(20)44-39-28/h2-6,9-12,14,17,22-23,37H,7-8,13H2,1H3,(H,38,39,43)/t17-,22?,23+/m0/s1. The molecule has 0 radical (unpaired) electrons. The molecular weight excluding hydrogens is 584 g/mol. The average molecular weight is 609 g/mol. The number of hydrogen-bond acceptors (Lipinski definition) is 8. The summed E-state index contributed by atoms with van der Waals surface area (Å²) in [5, 5.41) is 10.1. The van der Waals surface area contributed by atoms with Crippen molar-refractivity contribution in [3.63, 3.8) is 0 Å². The lowest BCUT2D eigenvalue weighted by atomic mass is 9.91. The summed E-state index contributed by atoms with van der Waals surface area (Å²) in [4.78, 5) is 47.2. The number of carbonyl (C=O) groups excluding carboxylic acids is 3. The summed E-state index contributed by atoms with van der Waals surface area (Å²) in [6.07, 6.45) is -0.235. The van der Waals surface area contributed by atoms with Crippen molar-refractivity contribution in [2.75, 3.05) is 10.6 Å². The van der Waals surface area contributed by atoms with Gasteiger partial charge in [-0.05, 0) is 56.2 Å². The normalized spacial score (nSPS) is 18.5. The molecule has 3 heterocycles. The molecule has 2 aromatic carbocycles. The van der Waals surface area contributed by atoms with Gasteiger partial charge in [-0.15, -0.1) is 0 Å². The molecule has 226 valence electrons. The van der Waals surface area contributed by atoms with Gasteiger partial charge in [0.2, 0.25) is 5.91 Å². The fraction of sp³-hybridized carbons (Fsp3) is 0.267. The number of nitrogens with one attached hydrogen (secondary N) is 2. The van der Waals surface area contributed by atoms with Gasteiger partial charge in [0.25, 0.3) is 0 Å². The number of rotatable bonds is 8. The minimum Gasteiger partial charge on any atom is -0.354 e. The molecule has 3 aromatic heterocycles. The summed E-state index contributed by atoms with van der Waals surface area (Å²) < 4.78 is 60.3. The molecule has 3 atom stereocenters. The van der Waals surface area contributed by atoms with Gasteiger partial charge in [-0.25, -0.2) is 14.4 Å². The highest BCUT2D eigenvalue weighted by atomic mass is 19.4. The van der Waals surface area contributed by atoms with Gasteiger partial charge in [0.15, 0.2) is 23.0 Å². The van der Waals surface area contributed by atoms with Gasteiger partial charge < -0.3 is 19.7 Å². The second-order valence-corrected chi connectivity index (χ2v) is 10.7. The molecule has 1 amide bonds. The predicted molar refractivity (Wildman–Crippen MR) is 151 cm³/mol. The summed E-state index contributed by atoms with van der Waals surface area (Å²) in [6, 6.07) is 8.01. The highest BCUT2D eigenvalue weighted by Gasteiger charge is 2.43. The zero-order valence-electron chi connectivity index (χ0n) is 23.1. The van der Waals surface area contributed by atoms with E-state index in [4.69, 9.17) is 4.52 Å². The summed E-state index contributed by atoms with van der Waals surface area (Å²) in [5.41, 5.74) is 1.17. The number of amides is 1. The van der Waals surface area contributed by atoms with Gasteiger partial charge in [0.05, 0.1) is 41.5 Å². The predicted octanol–water partition coefficient (Wildman–Crippen LogP) is 6.11. The molecule has 1 unspecified atom stereocenters. The van der Waals surface area contributed by atoms with Crippen LogP contribution in [0.25, 0.3) is 21.9 Å².